The Morgan fingerprint density at radius 2 is 1.91 bits per heavy atom. The molecule has 1 fully saturated rings. The molecule has 1 aromatic carbocycles. The zero-order valence-corrected chi connectivity index (χ0v) is 18.8. The first kappa shape index (κ1) is 22.1. The lowest BCUT2D eigenvalue weighted by Gasteiger charge is -2.23. The Labute approximate surface area is 191 Å². The van der Waals surface area contributed by atoms with E-state index in [-0.39, 0.29) is 11.9 Å². The van der Waals surface area contributed by atoms with Crippen molar-refractivity contribution in [3.8, 4) is 11.6 Å². The highest BCUT2D eigenvalue weighted by molar-refractivity contribution is 8.00. The van der Waals surface area contributed by atoms with Gasteiger partial charge >= 0.3 is 6.03 Å². The fraction of sp³-hybridized carbons (Fsp3) is 0.391. The van der Waals surface area contributed by atoms with Crippen molar-refractivity contribution in [2.75, 3.05) is 0 Å². The number of nitrogens with one attached hydrogen (secondary N) is 2. The monoisotopic (exact) mass is 453 g/mol. The zero-order chi connectivity index (χ0) is 22.3. The molecule has 1 unspecified atom stereocenters. The largest absolute Gasteiger partial charge is 0.461 e. The maximum Gasteiger partial charge on any atom is 0.321 e. The number of carbonyl (C=O) groups is 2. The molecule has 168 valence electrons. The Kier molecular flexibility index (Phi) is 7.26. The number of hydrogen-bond acceptors (Lipinski definition) is 6. The smallest absolute Gasteiger partial charge is 0.321 e. The van der Waals surface area contributed by atoms with Crippen LogP contribution in [-0.2, 0) is 11.3 Å². The molecule has 9 heteroatoms. The Bertz CT molecular complexity index is 1030. The van der Waals surface area contributed by atoms with E-state index in [0.717, 1.165) is 31.2 Å². The lowest BCUT2D eigenvalue weighted by atomic mass is 9.96. The zero-order valence-electron chi connectivity index (χ0n) is 18.0. The molecule has 0 spiro atoms. The molecule has 1 atom stereocenters. The summed E-state index contributed by atoms with van der Waals surface area (Å²) in [6, 6.07) is 13.3. The Balaban J connectivity index is 1.44. The second-order valence-corrected chi connectivity index (χ2v) is 9.22. The van der Waals surface area contributed by atoms with Crippen molar-refractivity contribution in [2.24, 2.45) is 0 Å². The van der Waals surface area contributed by atoms with Crippen LogP contribution in [0.5, 0.6) is 0 Å². The third-order valence-electron chi connectivity index (χ3n) is 5.47. The second-order valence-electron chi connectivity index (χ2n) is 7.91. The predicted octanol–water partition coefficient (Wildman–Crippen LogP) is 4.23. The summed E-state index contributed by atoms with van der Waals surface area (Å²) in [6.45, 7) is 2.28. The quantitative estimate of drug-likeness (QED) is 0.519. The van der Waals surface area contributed by atoms with Crippen LogP contribution in [0.25, 0.3) is 11.6 Å². The molecule has 0 saturated heterocycles. The average Bonchev–Trinajstić information content (AvgIpc) is 3.45. The van der Waals surface area contributed by atoms with Gasteiger partial charge in [0.05, 0.1) is 18.1 Å². The van der Waals surface area contributed by atoms with Crippen LogP contribution in [0, 0.1) is 0 Å². The standard InChI is InChI=1S/C23H27N5O3S/c1-16(21(29)25-22(30)24-18-11-6-3-7-12-18)32-23-27-26-20(19-13-8-14-31-19)28(23)15-17-9-4-2-5-10-17/h2,4-5,8-10,13-14,16,18H,3,6-7,11-12,15H2,1H3,(H2,24,25,29,30). The number of imide groups is 1. The van der Waals surface area contributed by atoms with Gasteiger partial charge in [-0.15, -0.1) is 10.2 Å². The molecule has 8 nitrogen and oxygen atoms in total. The van der Waals surface area contributed by atoms with E-state index in [0.29, 0.717) is 23.3 Å². The van der Waals surface area contributed by atoms with Gasteiger partial charge < -0.3 is 9.73 Å². The molecule has 32 heavy (non-hydrogen) atoms. The maximum atomic E-state index is 12.6. The highest BCUT2D eigenvalue weighted by Gasteiger charge is 2.24. The van der Waals surface area contributed by atoms with Gasteiger partial charge in [-0.2, -0.15) is 0 Å². The van der Waals surface area contributed by atoms with Crippen molar-refractivity contribution in [3.63, 3.8) is 0 Å². The number of thioether (sulfide) groups is 1. The van der Waals surface area contributed by atoms with Crippen molar-refractivity contribution < 1.29 is 14.0 Å². The molecule has 0 aliphatic heterocycles. The number of benzene rings is 1. The van der Waals surface area contributed by atoms with E-state index in [2.05, 4.69) is 20.8 Å². The van der Waals surface area contributed by atoms with Gasteiger partial charge in [-0.25, -0.2) is 4.79 Å². The molecule has 1 saturated carbocycles. The van der Waals surface area contributed by atoms with Gasteiger partial charge in [0.2, 0.25) is 11.7 Å². The van der Waals surface area contributed by atoms with Gasteiger partial charge in [0.15, 0.2) is 10.9 Å². The fourth-order valence-electron chi connectivity index (χ4n) is 3.77. The summed E-state index contributed by atoms with van der Waals surface area (Å²) in [7, 11) is 0. The number of rotatable bonds is 7. The minimum Gasteiger partial charge on any atom is -0.461 e. The van der Waals surface area contributed by atoms with Gasteiger partial charge in [-0.1, -0.05) is 61.4 Å². The van der Waals surface area contributed by atoms with Gasteiger partial charge in [0.25, 0.3) is 0 Å². The van der Waals surface area contributed by atoms with Crippen LogP contribution in [0.2, 0.25) is 0 Å². The molecule has 1 aliphatic rings. The molecule has 2 heterocycles. The second kappa shape index (κ2) is 10.5. The minimum absolute atomic E-state index is 0.143. The number of urea groups is 1. The normalized spacial score (nSPS) is 15.3. The molecule has 4 rings (SSSR count). The maximum absolute atomic E-state index is 12.6. The summed E-state index contributed by atoms with van der Waals surface area (Å²) in [5.41, 5.74) is 1.07. The van der Waals surface area contributed by atoms with Crippen LogP contribution in [0.1, 0.15) is 44.6 Å². The van der Waals surface area contributed by atoms with E-state index in [9.17, 15) is 9.59 Å². The Hall–Kier alpha value is -3.07. The summed E-state index contributed by atoms with van der Waals surface area (Å²) in [5, 5.41) is 14.0. The van der Waals surface area contributed by atoms with E-state index < -0.39 is 11.3 Å². The highest BCUT2D eigenvalue weighted by atomic mass is 32.2. The SMILES string of the molecule is CC(Sc1nnc(-c2ccco2)n1Cc1ccccc1)C(=O)NC(=O)NC1CCCCC1. The van der Waals surface area contributed by atoms with Crippen LogP contribution in [0.4, 0.5) is 4.79 Å². The van der Waals surface area contributed by atoms with Crippen molar-refractivity contribution in [2.45, 2.75) is 62.0 Å². The number of aromatic nitrogens is 3. The van der Waals surface area contributed by atoms with Crippen molar-refractivity contribution in [3.05, 3.63) is 54.3 Å². The topological polar surface area (TPSA) is 102 Å². The molecule has 1 aliphatic carbocycles. The van der Waals surface area contributed by atoms with Crippen molar-refractivity contribution >= 4 is 23.7 Å². The predicted molar refractivity (Wildman–Crippen MR) is 122 cm³/mol. The molecule has 2 aromatic heterocycles. The van der Waals surface area contributed by atoms with Crippen molar-refractivity contribution in [1.29, 1.82) is 0 Å². The lowest BCUT2D eigenvalue weighted by molar-refractivity contribution is -0.119. The summed E-state index contributed by atoms with van der Waals surface area (Å²) >= 11 is 1.26. The van der Waals surface area contributed by atoms with E-state index in [1.807, 2.05) is 41.0 Å². The summed E-state index contributed by atoms with van der Waals surface area (Å²) < 4.78 is 7.45. The van der Waals surface area contributed by atoms with Gasteiger partial charge in [-0.3, -0.25) is 14.7 Å². The van der Waals surface area contributed by atoms with Gasteiger partial charge in [-0.05, 0) is 37.5 Å². The number of hydrogen-bond donors (Lipinski definition) is 2. The Morgan fingerprint density at radius 3 is 2.62 bits per heavy atom. The first-order valence-electron chi connectivity index (χ1n) is 10.9. The molecule has 2 N–H and O–H groups in total. The first-order chi connectivity index (χ1) is 15.6. The molecular formula is C23H27N5O3S. The average molecular weight is 454 g/mol. The van der Waals surface area contributed by atoms with Gasteiger partial charge in [0.1, 0.15) is 0 Å². The Morgan fingerprint density at radius 1 is 1.12 bits per heavy atom. The van der Waals surface area contributed by atoms with Gasteiger partial charge in [0, 0.05) is 6.04 Å². The number of amides is 3. The van der Waals surface area contributed by atoms with Crippen LogP contribution in [0.15, 0.2) is 58.3 Å². The number of carbonyl (C=O) groups excluding carboxylic acids is 2. The molecule has 0 bridgehead atoms. The van der Waals surface area contributed by atoms with E-state index in [1.165, 1.54) is 18.2 Å². The first-order valence-corrected chi connectivity index (χ1v) is 11.8. The third kappa shape index (κ3) is 5.59. The van der Waals surface area contributed by atoms with Crippen LogP contribution < -0.4 is 10.6 Å². The molecule has 3 amide bonds. The van der Waals surface area contributed by atoms with E-state index in [1.54, 1.807) is 19.3 Å². The van der Waals surface area contributed by atoms with E-state index in [4.69, 9.17) is 4.42 Å². The molecule has 0 radical (unpaired) electrons. The summed E-state index contributed by atoms with van der Waals surface area (Å²) in [4.78, 5) is 24.9. The molecular weight excluding hydrogens is 426 g/mol. The van der Waals surface area contributed by atoms with Crippen LogP contribution in [0.3, 0.4) is 0 Å². The fourth-order valence-corrected chi connectivity index (χ4v) is 4.61. The molecule has 3 aromatic rings. The number of furan rings is 1. The van der Waals surface area contributed by atoms with Crippen LogP contribution >= 0.6 is 11.8 Å². The summed E-state index contributed by atoms with van der Waals surface area (Å²) in [6.07, 6.45) is 6.94. The number of nitrogens with zero attached hydrogens (tertiary/aromatic N) is 3. The highest BCUT2D eigenvalue weighted by Crippen LogP contribution is 2.28. The van der Waals surface area contributed by atoms with Crippen LogP contribution in [-0.4, -0.2) is 38.0 Å². The summed E-state index contributed by atoms with van der Waals surface area (Å²) in [5.74, 6) is 0.824. The van der Waals surface area contributed by atoms with Crippen molar-refractivity contribution in [1.82, 2.24) is 25.4 Å². The lowest BCUT2D eigenvalue weighted by Crippen LogP contribution is -2.47. The third-order valence-corrected chi connectivity index (χ3v) is 6.55. The minimum atomic E-state index is -0.532. The van der Waals surface area contributed by atoms with E-state index >= 15 is 0 Å².